The molecule has 0 spiro atoms. The van der Waals surface area contributed by atoms with Crippen molar-refractivity contribution in [2.24, 2.45) is 0 Å². The predicted molar refractivity (Wildman–Crippen MR) is 127 cm³/mol. The fourth-order valence-corrected chi connectivity index (χ4v) is 3.23. The van der Waals surface area contributed by atoms with Gasteiger partial charge in [-0.1, -0.05) is 37.6 Å². The van der Waals surface area contributed by atoms with Crippen LogP contribution in [0.15, 0.2) is 42.5 Å². The molecule has 0 bridgehead atoms. The third-order valence-electron chi connectivity index (χ3n) is 5.05. The average molecular weight is 428 g/mol. The van der Waals surface area contributed by atoms with E-state index >= 15 is 0 Å². The summed E-state index contributed by atoms with van der Waals surface area (Å²) in [5.74, 6) is 1.03. The fraction of sp³-hybridized carbons (Fsp3) is 0.480. The number of amides is 1. The van der Waals surface area contributed by atoms with Crippen LogP contribution >= 0.6 is 0 Å². The van der Waals surface area contributed by atoms with Crippen molar-refractivity contribution in [3.05, 3.63) is 53.6 Å². The lowest BCUT2D eigenvalue weighted by Crippen LogP contribution is -2.27. The van der Waals surface area contributed by atoms with Gasteiger partial charge in [0.2, 0.25) is 0 Å². The smallest absolute Gasteiger partial charge is 0.262 e. The molecule has 0 aliphatic heterocycles. The Morgan fingerprint density at radius 1 is 0.968 bits per heavy atom. The standard InChI is InChI=1S/C25H37N3O3/c1-5-28(6-2)16-8-15-26-18-21-11-14-23(24(17-21)30-7-3)31-19-25(29)27-22-12-9-20(4)10-13-22/h9-14,17,26H,5-8,15-16,18-19H2,1-4H3,(H,27,29). The number of carbonyl (C=O) groups is 1. The Kier molecular flexibility index (Phi) is 10.9. The Labute approximate surface area is 186 Å². The topological polar surface area (TPSA) is 62.8 Å². The van der Waals surface area contributed by atoms with E-state index in [0.717, 1.165) is 56.0 Å². The molecule has 2 aromatic carbocycles. The first-order valence-electron chi connectivity index (χ1n) is 11.2. The van der Waals surface area contributed by atoms with E-state index in [9.17, 15) is 4.79 Å². The molecule has 6 nitrogen and oxygen atoms in total. The van der Waals surface area contributed by atoms with Crippen molar-refractivity contribution in [3.8, 4) is 11.5 Å². The molecule has 0 aromatic heterocycles. The molecule has 2 rings (SSSR count). The van der Waals surface area contributed by atoms with Crippen LogP contribution in [-0.4, -0.2) is 50.2 Å². The third-order valence-corrected chi connectivity index (χ3v) is 5.05. The number of aryl methyl sites for hydroxylation is 1. The molecule has 0 radical (unpaired) electrons. The summed E-state index contributed by atoms with van der Waals surface area (Å²) in [6.07, 6.45) is 1.12. The van der Waals surface area contributed by atoms with Gasteiger partial charge in [0.15, 0.2) is 18.1 Å². The second-order valence-corrected chi connectivity index (χ2v) is 7.47. The second kappa shape index (κ2) is 13.7. The fourth-order valence-electron chi connectivity index (χ4n) is 3.23. The highest BCUT2D eigenvalue weighted by Crippen LogP contribution is 2.28. The molecular weight excluding hydrogens is 390 g/mol. The summed E-state index contributed by atoms with van der Waals surface area (Å²) >= 11 is 0. The summed E-state index contributed by atoms with van der Waals surface area (Å²) in [6, 6.07) is 13.5. The number of anilines is 1. The molecule has 0 unspecified atom stereocenters. The molecule has 2 N–H and O–H groups in total. The van der Waals surface area contributed by atoms with Gasteiger partial charge in [0, 0.05) is 12.2 Å². The van der Waals surface area contributed by atoms with Gasteiger partial charge < -0.3 is 25.0 Å². The Morgan fingerprint density at radius 2 is 1.71 bits per heavy atom. The SMILES string of the molecule is CCOc1cc(CNCCCN(CC)CC)ccc1OCC(=O)Nc1ccc(C)cc1. The highest BCUT2D eigenvalue weighted by molar-refractivity contribution is 5.91. The van der Waals surface area contributed by atoms with Gasteiger partial charge in [-0.3, -0.25) is 4.79 Å². The number of benzene rings is 2. The maximum atomic E-state index is 12.2. The van der Waals surface area contributed by atoms with Crippen LogP contribution in [0.4, 0.5) is 5.69 Å². The van der Waals surface area contributed by atoms with Gasteiger partial charge in [-0.25, -0.2) is 0 Å². The van der Waals surface area contributed by atoms with Crippen molar-refractivity contribution in [2.75, 3.05) is 44.7 Å². The normalized spacial score (nSPS) is 10.9. The van der Waals surface area contributed by atoms with Crippen LogP contribution in [0.3, 0.4) is 0 Å². The Bertz CT molecular complexity index is 789. The van der Waals surface area contributed by atoms with E-state index < -0.39 is 0 Å². The molecule has 31 heavy (non-hydrogen) atoms. The van der Waals surface area contributed by atoms with Crippen molar-refractivity contribution >= 4 is 11.6 Å². The molecule has 0 saturated carbocycles. The van der Waals surface area contributed by atoms with E-state index in [-0.39, 0.29) is 12.5 Å². The van der Waals surface area contributed by atoms with Crippen LogP contribution in [0, 0.1) is 6.92 Å². The number of rotatable bonds is 14. The minimum absolute atomic E-state index is 0.0725. The summed E-state index contributed by atoms with van der Waals surface area (Å²) in [5, 5.41) is 6.33. The molecule has 1 amide bonds. The summed E-state index contributed by atoms with van der Waals surface area (Å²) in [7, 11) is 0. The molecule has 0 saturated heterocycles. The highest BCUT2D eigenvalue weighted by atomic mass is 16.5. The van der Waals surface area contributed by atoms with Crippen LogP contribution in [-0.2, 0) is 11.3 Å². The maximum absolute atomic E-state index is 12.2. The van der Waals surface area contributed by atoms with Crippen LogP contribution in [0.1, 0.15) is 38.3 Å². The van der Waals surface area contributed by atoms with Crippen molar-refractivity contribution < 1.29 is 14.3 Å². The average Bonchev–Trinajstić information content (AvgIpc) is 2.77. The van der Waals surface area contributed by atoms with E-state index in [1.54, 1.807) is 0 Å². The molecule has 0 atom stereocenters. The Morgan fingerprint density at radius 3 is 2.39 bits per heavy atom. The minimum Gasteiger partial charge on any atom is -0.490 e. The third kappa shape index (κ3) is 8.99. The second-order valence-electron chi connectivity index (χ2n) is 7.47. The van der Waals surface area contributed by atoms with E-state index in [4.69, 9.17) is 9.47 Å². The first kappa shape index (κ1) is 24.7. The number of nitrogens with zero attached hydrogens (tertiary/aromatic N) is 1. The van der Waals surface area contributed by atoms with Gasteiger partial charge in [0.1, 0.15) is 0 Å². The van der Waals surface area contributed by atoms with Gasteiger partial charge in [-0.05, 0) is 76.3 Å². The van der Waals surface area contributed by atoms with Crippen LogP contribution in [0.5, 0.6) is 11.5 Å². The molecule has 2 aromatic rings. The Balaban J connectivity index is 1.83. The van der Waals surface area contributed by atoms with Crippen molar-refractivity contribution in [2.45, 2.75) is 40.7 Å². The van der Waals surface area contributed by atoms with Gasteiger partial charge >= 0.3 is 0 Å². The van der Waals surface area contributed by atoms with Gasteiger partial charge in [0.05, 0.1) is 6.61 Å². The molecule has 0 aliphatic carbocycles. The lowest BCUT2D eigenvalue weighted by atomic mass is 10.2. The lowest BCUT2D eigenvalue weighted by Gasteiger charge is -2.18. The van der Waals surface area contributed by atoms with Gasteiger partial charge in [0.25, 0.3) is 5.91 Å². The van der Waals surface area contributed by atoms with Crippen LogP contribution in [0.2, 0.25) is 0 Å². The van der Waals surface area contributed by atoms with E-state index in [1.807, 2.05) is 56.3 Å². The molecule has 170 valence electrons. The first-order valence-corrected chi connectivity index (χ1v) is 11.2. The molecule has 0 heterocycles. The lowest BCUT2D eigenvalue weighted by molar-refractivity contribution is -0.118. The quantitative estimate of drug-likeness (QED) is 0.442. The number of hydrogen-bond acceptors (Lipinski definition) is 5. The number of ether oxygens (including phenoxy) is 2. The number of hydrogen-bond donors (Lipinski definition) is 2. The number of nitrogens with one attached hydrogen (secondary N) is 2. The minimum atomic E-state index is -0.203. The number of carbonyl (C=O) groups excluding carboxylic acids is 1. The monoisotopic (exact) mass is 427 g/mol. The van der Waals surface area contributed by atoms with Gasteiger partial charge in [-0.15, -0.1) is 0 Å². The van der Waals surface area contributed by atoms with Crippen molar-refractivity contribution in [3.63, 3.8) is 0 Å². The molecular formula is C25H37N3O3. The molecule has 6 heteroatoms. The van der Waals surface area contributed by atoms with Crippen LogP contribution < -0.4 is 20.1 Å². The predicted octanol–water partition coefficient (Wildman–Crippen LogP) is 4.23. The zero-order chi connectivity index (χ0) is 22.5. The summed E-state index contributed by atoms with van der Waals surface area (Å²) in [5.41, 5.74) is 3.03. The Hall–Kier alpha value is -2.57. The summed E-state index contributed by atoms with van der Waals surface area (Å²) in [4.78, 5) is 14.6. The molecule has 0 aliphatic rings. The zero-order valence-corrected chi connectivity index (χ0v) is 19.4. The van der Waals surface area contributed by atoms with E-state index in [2.05, 4.69) is 29.4 Å². The van der Waals surface area contributed by atoms with E-state index in [0.29, 0.717) is 18.1 Å². The maximum Gasteiger partial charge on any atom is 0.262 e. The highest BCUT2D eigenvalue weighted by Gasteiger charge is 2.10. The zero-order valence-electron chi connectivity index (χ0n) is 19.4. The summed E-state index contributed by atoms with van der Waals surface area (Å²) in [6.45, 7) is 13.8. The summed E-state index contributed by atoms with van der Waals surface area (Å²) < 4.78 is 11.5. The first-order chi connectivity index (χ1) is 15.0. The van der Waals surface area contributed by atoms with Crippen molar-refractivity contribution in [1.82, 2.24) is 10.2 Å². The van der Waals surface area contributed by atoms with Crippen LogP contribution in [0.25, 0.3) is 0 Å². The van der Waals surface area contributed by atoms with E-state index in [1.165, 1.54) is 0 Å². The van der Waals surface area contributed by atoms with Gasteiger partial charge in [-0.2, -0.15) is 0 Å². The molecule has 0 fully saturated rings. The largest absolute Gasteiger partial charge is 0.490 e. The van der Waals surface area contributed by atoms with Crippen molar-refractivity contribution in [1.29, 1.82) is 0 Å².